The molecule has 2 aromatic carbocycles. The summed E-state index contributed by atoms with van der Waals surface area (Å²) < 4.78 is 34.4. The highest BCUT2D eigenvalue weighted by atomic mass is 32.2. The summed E-state index contributed by atoms with van der Waals surface area (Å²) in [6.07, 6.45) is 2.42. The molecular formula is C30H36N4O6S. The number of fused-ring (bicyclic) bond motifs is 1. The standard InChI is InChI=1S/C30H36N4O6S/c1-20-5-8-26(9-6-20)41(38,39)33(4)18-28-21(2)17-34(22(3)19-35)29(36)16-24-15-25(7-10-27(24)40-28)32-30(37)23-11-13-31-14-12-23/h5-15,21-22,28,35H,16-19H2,1-4H3,(H,32,37)/t21-,22-,28+/m0/s1. The summed E-state index contributed by atoms with van der Waals surface area (Å²) in [6.45, 7) is 5.63. The molecule has 0 bridgehead atoms. The number of aliphatic hydroxyl groups excluding tert-OH is 1. The number of benzene rings is 2. The van der Waals surface area contributed by atoms with E-state index < -0.39 is 22.2 Å². The van der Waals surface area contributed by atoms with Crippen molar-refractivity contribution in [2.24, 2.45) is 5.92 Å². The van der Waals surface area contributed by atoms with Crippen LogP contribution in [0.3, 0.4) is 0 Å². The Balaban J connectivity index is 1.65. The number of ether oxygens (including phenoxy) is 1. The highest BCUT2D eigenvalue weighted by Crippen LogP contribution is 2.30. The summed E-state index contributed by atoms with van der Waals surface area (Å²) in [5.41, 5.74) is 2.41. The van der Waals surface area contributed by atoms with E-state index in [1.54, 1.807) is 66.4 Å². The Hall–Kier alpha value is -3.80. The first-order chi connectivity index (χ1) is 19.5. The van der Waals surface area contributed by atoms with Gasteiger partial charge in [0.15, 0.2) is 0 Å². The molecule has 3 atom stereocenters. The van der Waals surface area contributed by atoms with Crippen LogP contribution < -0.4 is 10.1 Å². The monoisotopic (exact) mass is 580 g/mol. The Morgan fingerprint density at radius 1 is 1.17 bits per heavy atom. The molecule has 2 amide bonds. The number of aliphatic hydroxyl groups is 1. The van der Waals surface area contributed by atoms with Gasteiger partial charge in [0.1, 0.15) is 11.9 Å². The van der Waals surface area contributed by atoms with Crippen LogP contribution in [0.5, 0.6) is 5.75 Å². The number of carbonyl (C=O) groups is 2. The molecule has 0 radical (unpaired) electrons. The van der Waals surface area contributed by atoms with E-state index in [0.717, 1.165) is 5.56 Å². The van der Waals surface area contributed by atoms with Crippen LogP contribution in [-0.2, 0) is 21.2 Å². The lowest BCUT2D eigenvalue weighted by atomic mass is 10.0. The first-order valence-corrected chi connectivity index (χ1v) is 14.9. The van der Waals surface area contributed by atoms with Gasteiger partial charge in [-0.1, -0.05) is 24.6 Å². The third kappa shape index (κ3) is 7.10. The molecule has 10 nitrogen and oxygen atoms in total. The number of rotatable bonds is 8. The van der Waals surface area contributed by atoms with Crippen molar-refractivity contribution >= 4 is 27.5 Å². The molecule has 2 N–H and O–H groups in total. The smallest absolute Gasteiger partial charge is 0.255 e. The molecule has 4 rings (SSSR count). The van der Waals surface area contributed by atoms with Gasteiger partial charge in [-0.15, -0.1) is 0 Å². The predicted molar refractivity (Wildman–Crippen MR) is 155 cm³/mol. The van der Waals surface area contributed by atoms with Crippen molar-refractivity contribution in [1.82, 2.24) is 14.2 Å². The first-order valence-electron chi connectivity index (χ1n) is 13.4. The highest BCUT2D eigenvalue weighted by molar-refractivity contribution is 7.89. The van der Waals surface area contributed by atoms with Crippen molar-refractivity contribution < 1.29 is 27.9 Å². The minimum absolute atomic E-state index is 0.0183. The lowest BCUT2D eigenvalue weighted by molar-refractivity contribution is -0.134. The molecule has 0 unspecified atom stereocenters. The van der Waals surface area contributed by atoms with E-state index in [9.17, 15) is 23.1 Å². The van der Waals surface area contributed by atoms with Gasteiger partial charge < -0.3 is 20.1 Å². The third-order valence-electron chi connectivity index (χ3n) is 7.28. The Morgan fingerprint density at radius 2 is 1.85 bits per heavy atom. The zero-order valence-corrected chi connectivity index (χ0v) is 24.5. The summed E-state index contributed by atoms with van der Waals surface area (Å²) in [5, 5.41) is 12.7. The van der Waals surface area contributed by atoms with Crippen molar-refractivity contribution in [2.75, 3.05) is 32.1 Å². The Bertz CT molecular complexity index is 1480. The molecule has 1 aliphatic heterocycles. The second-order valence-corrected chi connectivity index (χ2v) is 12.5. The predicted octanol–water partition coefficient (Wildman–Crippen LogP) is 3.11. The molecule has 41 heavy (non-hydrogen) atoms. The van der Waals surface area contributed by atoms with Crippen LogP contribution in [0.4, 0.5) is 5.69 Å². The van der Waals surface area contributed by atoms with Gasteiger partial charge in [-0.3, -0.25) is 14.6 Å². The van der Waals surface area contributed by atoms with Gasteiger partial charge >= 0.3 is 0 Å². The largest absolute Gasteiger partial charge is 0.488 e. The van der Waals surface area contributed by atoms with Crippen molar-refractivity contribution in [3.63, 3.8) is 0 Å². The Labute approximate surface area is 241 Å². The van der Waals surface area contributed by atoms with Crippen LogP contribution in [0, 0.1) is 12.8 Å². The third-order valence-corrected chi connectivity index (χ3v) is 9.12. The summed E-state index contributed by atoms with van der Waals surface area (Å²) in [7, 11) is -2.29. The topological polar surface area (TPSA) is 129 Å². The van der Waals surface area contributed by atoms with Crippen LogP contribution >= 0.6 is 0 Å². The van der Waals surface area contributed by atoms with Gasteiger partial charge in [-0.2, -0.15) is 4.31 Å². The maximum atomic E-state index is 13.4. The summed E-state index contributed by atoms with van der Waals surface area (Å²) in [4.78, 5) is 31.9. The molecule has 1 aliphatic rings. The Morgan fingerprint density at radius 3 is 2.51 bits per heavy atom. The maximum absolute atomic E-state index is 13.4. The Kier molecular flexibility index (Phi) is 9.42. The minimum Gasteiger partial charge on any atom is -0.488 e. The number of nitrogens with one attached hydrogen (secondary N) is 1. The molecule has 11 heteroatoms. The van der Waals surface area contributed by atoms with Crippen molar-refractivity contribution in [1.29, 1.82) is 0 Å². The number of pyridine rings is 1. The molecule has 218 valence electrons. The zero-order chi connectivity index (χ0) is 29.7. The van der Waals surface area contributed by atoms with Crippen LogP contribution in [0.15, 0.2) is 71.9 Å². The number of hydrogen-bond acceptors (Lipinski definition) is 7. The van der Waals surface area contributed by atoms with E-state index in [1.807, 2.05) is 13.8 Å². The molecule has 0 saturated carbocycles. The molecule has 0 spiro atoms. The number of likely N-dealkylation sites (N-methyl/N-ethyl adjacent to an activating group) is 1. The molecule has 0 fully saturated rings. The maximum Gasteiger partial charge on any atom is 0.255 e. The van der Waals surface area contributed by atoms with E-state index in [2.05, 4.69) is 10.3 Å². The summed E-state index contributed by atoms with van der Waals surface area (Å²) >= 11 is 0. The summed E-state index contributed by atoms with van der Waals surface area (Å²) in [6, 6.07) is 14.5. The number of hydrogen-bond donors (Lipinski definition) is 2. The van der Waals surface area contributed by atoms with Crippen molar-refractivity contribution in [3.05, 3.63) is 83.7 Å². The van der Waals surface area contributed by atoms with Gasteiger partial charge in [-0.05, 0) is 56.3 Å². The van der Waals surface area contributed by atoms with Gasteiger partial charge in [0.25, 0.3) is 5.91 Å². The van der Waals surface area contributed by atoms with Crippen LogP contribution in [0.1, 0.15) is 35.3 Å². The lowest BCUT2D eigenvalue weighted by Gasteiger charge is -2.33. The second-order valence-electron chi connectivity index (χ2n) is 10.5. The van der Waals surface area contributed by atoms with Gasteiger partial charge in [-0.25, -0.2) is 8.42 Å². The van der Waals surface area contributed by atoms with Crippen LogP contribution in [0.2, 0.25) is 0 Å². The number of sulfonamides is 1. The number of aromatic nitrogens is 1. The number of anilines is 1. The van der Waals surface area contributed by atoms with Crippen LogP contribution in [0.25, 0.3) is 0 Å². The molecule has 1 aromatic heterocycles. The van der Waals surface area contributed by atoms with Crippen molar-refractivity contribution in [3.8, 4) is 5.75 Å². The molecule has 0 saturated heterocycles. The van der Waals surface area contributed by atoms with E-state index in [4.69, 9.17) is 4.74 Å². The normalized spacial score (nSPS) is 18.5. The fourth-order valence-electron chi connectivity index (χ4n) is 4.67. The minimum atomic E-state index is -3.80. The lowest BCUT2D eigenvalue weighted by Crippen LogP contribution is -2.48. The van der Waals surface area contributed by atoms with Gasteiger partial charge in [0.05, 0.1) is 30.5 Å². The van der Waals surface area contributed by atoms with E-state index >= 15 is 0 Å². The SMILES string of the molecule is Cc1ccc(S(=O)(=O)N(C)C[C@H]2Oc3ccc(NC(=O)c4ccncc4)cc3CC(=O)N([C@@H](C)CO)C[C@@H]2C)cc1. The fraction of sp³-hybridized carbons (Fsp3) is 0.367. The van der Waals surface area contributed by atoms with Crippen LogP contribution in [-0.4, -0.2) is 78.4 Å². The van der Waals surface area contributed by atoms with Gasteiger partial charge in [0.2, 0.25) is 15.9 Å². The fourth-order valence-corrected chi connectivity index (χ4v) is 5.86. The quantitative estimate of drug-likeness (QED) is 0.419. The second kappa shape index (κ2) is 12.8. The number of amides is 2. The average molecular weight is 581 g/mol. The number of nitrogens with zero attached hydrogens (tertiary/aromatic N) is 3. The van der Waals surface area contributed by atoms with Crippen molar-refractivity contribution in [2.45, 2.75) is 44.2 Å². The zero-order valence-electron chi connectivity index (χ0n) is 23.6. The number of aryl methyl sites for hydroxylation is 1. The highest BCUT2D eigenvalue weighted by Gasteiger charge is 2.33. The van der Waals surface area contributed by atoms with E-state index in [0.29, 0.717) is 22.6 Å². The average Bonchev–Trinajstić information content (AvgIpc) is 3.00. The van der Waals surface area contributed by atoms with Gasteiger partial charge in [0, 0.05) is 48.7 Å². The van der Waals surface area contributed by atoms with E-state index in [1.165, 1.54) is 23.7 Å². The number of carbonyl (C=O) groups excluding carboxylic acids is 2. The molecule has 2 heterocycles. The molecule has 3 aromatic rings. The van der Waals surface area contributed by atoms with E-state index in [-0.39, 0.29) is 48.7 Å². The summed E-state index contributed by atoms with van der Waals surface area (Å²) in [5.74, 6) is -0.382. The molecular weight excluding hydrogens is 544 g/mol. The first kappa shape index (κ1) is 30.2. The molecule has 0 aliphatic carbocycles.